The lowest BCUT2D eigenvalue weighted by Crippen LogP contribution is -2.41. The van der Waals surface area contributed by atoms with Crippen LogP contribution in [-0.2, 0) is 4.79 Å². The highest BCUT2D eigenvalue weighted by Gasteiger charge is 2.33. The Hall–Kier alpha value is -4.25. The number of rotatable bonds is 10. The SMILES string of the molecule is CCC1C=C(c2ccc(Cl)cc2)c2cc(OC)ccc2-n2c(C)nnc2C1CC(=O)NCCNC(=O)c1ccc([Si](C)(C)O)cc1. The maximum atomic E-state index is 13.4. The van der Waals surface area contributed by atoms with E-state index in [0.29, 0.717) is 10.6 Å². The zero-order valence-electron chi connectivity index (χ0n) is 26.8. The summed E-state index contributed by atoms with van der Waals surface area (Å²) in [6.45, 7) is 8.25. The van der Waals surface area contributed by atoms with E-state index in [1.54, 1.807) is 31.4 Å². The Balaban J connectivity index is 1.37. The summed E-state index contributed by atoms with van der Waals surface area (Å²) < 4.78 is 7.66. The fraction of sp³-hybridized carbons (Fsp3) is 0.314. The average Bonchev–Trinajstić information content (AvgIpc) is 3.42. The van der Waals surface area contributed by atoms with Crippen LogP contribution in [0.5, 0.6) is 5.75 Å². The lowest BCUT2D eigenvalue weighted by molar-refractivity contribution is -0.121. The third-order valence-corrected chi connectivity index (χ3v) is 10.4. The highest BCUT2D eigenvalue weighted by molar-refractivity contribution is 6.83. The van der Waals surface area contributed by atoms with E-state index in [1.807, 2.05) is 67.0 Å². The lowest BCUT2D eigenvalue weighted by atomic mass is 9.81. The van der Waals surface area contributed by atoms with Crippen LogP contribution in [0.1, 0.15) is 58.8 Å². The van der Waals surface area contributed by atoms with Crippen LogP contribution in [0.2, 0.25) is 18.1 Å². The zero-order valence-corrected chi connectivity index (χ0v) is 28.6. The molecule has 11 heteroatoms. The molecule has 9 nitrogen and oxygen atoms in total. The first-order valence-electron chi connectivity index (χ1n) is 15.5. The van der Waals surface area contributed by atoms with Crippen LogP contribution >= 0.6 is 11.6 Å². The summed E-state index contributed by atoms with van der Waals surface area (Å²) in [5.41, 5.74) is 4.40. The summed E-state index contributed by atoms with van der Waals surface area (Å²) in [5.74, 6) is 1.52. The number of carbonyl (C=O) groups is 2. The van der Waals surface area contributed by atoms with E-state index in [-0.39, 0.29) is 43.2 Å². The summed E-state index contributed by atoms with van der Waals surface area (Å²) >= 11 is 6.25. The molecule has 46 heavy (non-hydrogen) atoms. The Labute approximate surface area is 275 Å². The Morgan fingerprint density at radius 2 is 1.70 bits per heavy atom. The van der Waals surface area contributed by atoms with E-state index in [2.05, 4.69) is 33.8 Å². The van der Waals surface area contributed by atoms with Crippen LogP contribution in [0.4, 0.5) is 0 Å². The molecule has 1 aliphatic rings. The van der Waals surface area contributed by atoms with Gasteiger partial charge in [0.2, 0.25) is 14.2 Å². The van der Waals surface area contributed by atoms with Crippen LogP contribution in [-0.4, -0.2) is 59.9 Å². The van der Waals surface area contributed by atoms with Crippen molar-refractivity contribution in [1.82, 2.24) is 25.4 Å². The lowest BCUT2D eigenvalue weighted by Gasteiger charge is -2.29. The number of allylic oxidation sites excluding steroid dienone is 1. The fourth-order valence-corrected chi connectivity index (χ4v) is 7.00. The predicted octanol–water partition coefficient (Wildman–Crippen LogP) is 5.13. The molecule has 0 spiro atoms. The van der Waals surface area contributed by atoms with Crippen LogP contribution in [0, 0.1) is 12.8 Å². The molecule has 0 saturated heterocycles. The molecule has 0 bridgehead atoms. The van der Waals surface area contributed by atoms with Gasteiger partial charge in [-0.05, 0) is 91.1 Å². The van der Waals surface area contributed by atoms with Gasteiger partial charge in [-0.15, -0.1) is 10.2 Å². The number of amides is 2. The second-order valence-electron chi connectivity index (χ2n) is 12.0. The molecular weight excluding hydrogens is 618 g/mol. The number of methoxy groups -OCH3 is 1. The molecule has 0 aliphatic carbocycles. The van der Waals surface area contributed by atoms with E-state index in [1.165, 1.54) is 0 Å². The first-order valence-corrected chi connectivity index (χ1v) is 18.8. The van der Waals surface area contributed by atoms with Crippen molar-refractivity contribution in [3.05, 3.63) is 106 Å². The van der Waals surface area contributed by atoms with E-state index in [9.17, 15) is 14.4 Å². The number of halogens is 1. The molecule has 0 radical (unpaired) electrons. The van der Waals surface area contributed by atoms with E-state index < -0.39 is 8.32 Å². The van der Waals surface area contributed by atoms with Crippen molar-refractivity contribution in [3.63, 3.8) is 0 Å². The van der Waals surface area contributed by atoms with Crippen molar-refractivity contribution in [2.75, 3.05) is 20.2 Å². The highest BCUT2D eigenvalue weighted by atomic mass is 35.5. The van der Waals surface area contributed by atoms with Crippen molar-refractivity contribution >= 4 is 42.5 Å². The number of hydrogen-bond donors (Lipinski definition) is 3. The van der Waals surface area contributed by atoms with Gasteiger partial charge in [-0.2, -0.15) is 0 Å². The minimum Gasteiger partial charge on any atom is -0.497 e. The molecule has 3 N–H and O–H groups in total. The summed E-state index contributed by atoms with van der Waals surface area (Å²) in [4.78, 5) is 36.3. The minimum absolute atomic E-state index is 0.0345. The van der Waals surface area contributed by atoms with Gasteiger partial charge in [0, 0.05) is 41.6 Å². The van der Waals surface area contributed by atoms with Crippen molar-refractivity contribution in [2.45, 2.75) is 45.7 Å². The van der Waals surface area contributed by atoms with Crippen molar-refractivity contribution in [2.24, 2.45) is 5.92 Å². The first kappa shape index (κ1) is 33.1. The smallest absolute Gasteiger partial charge is 0.251 e. The van der Waals surface area contributed by atoms with Gasteiger partial charge in [-0.25, -0.2) is 0 Å². The first-order chi connectivity index (χ1) is 22.0. The minimum atomic E-state index is -2.44. The maximum absolute atomic E-state index is 13.4. The Bertz CT molecular complexity index is 1750. The van der Waals surface area contributed by atoms with E-state index >= 15 is 0 Å². The number of aromatic nitrogens is 3. The van der Waals surface area contributed by atoms with Crippen LogP contribution in [0.3, 0.4) is 0 Å². The topological polar surface area (TPSA) is 118 Å². The monoisotopic (exact) mass is 657 g/mol. The number of carbonyl (C=O) groups excluding carboxylic acids is 2. The standard InChI is InChI=1S/C35H40ClN5O4Si/c1-6-23-19-29(24-7-11-26(36)12-8-24)31-20-27(45-3)13-16-32(31)41-22(2)39-40-34(41)30(23)21-33(42)37-17-18-38-35(43)25-9-14-28(15-10-25)46(4,5)44/h7-16,19-20,23,30,44H,6,17-18,21H2,1-5H3,(H,37,42)(H,38,43). The molecule has 2 unspecified atom stereocenters. The van der Waals surface area contributed by atoms with Gasteiger partial charge in [-0.3, -0.25) is 14.2 Å². The Kier molecular flexibility index (Phi) is 10.1. The van der Waals surface area contributed by atoms with E-state index in [0.717, 1.165) is 51.4 Å². The third-order valence-electron chi connectivity index (χ3n) is 8.43. The number of fused-ring (bicyclic) bond motifs is 3. The van der Waals surface area contributed by atoms with Gasteiger partial charge in [0.1, 0.15) is 17.4 Å². The largest absolute Gasteiger partial charge is 0.497 e. The summed E-state index contributed by atoms with van der Waals surface area (Å²) in [7, 11) is -0.785. The Morgan fingerprint density at radius 3 is 2.35 bits per heavy atom. The van der Waals surface area contributed by atoms with Crippen molar-refractivity contribution < 1.29 is 19.1 Å². The molecule has 3 aromatic carbocycles. The quantitative estimate of drug-likeness (QED) is 0.161. The molecule has 2 amide bonds. The molecule has 2 atom stereocenters. The Morgan fingerprint density at radius 1 is 1.00 bits per heavy atom. The third kappa shape index (κ3) is 7.25. The molecule has 0 saturated carbocycles. The normalized spacial score (nSPS) is 15.9. The highest BCUT2D eigenvalue weighted by Crippen LogP contribution is 2.41. The summed E-state index contributed by atoms with van der Waals surface area (Å²) in [6.07, 6.45) is 3.20. The van der Waals surface area contributed by atoms with Crippen LogP contribution in [0.15, 0.2) is 72.8 Å². The average molecular weight is 658 g/mol. The van der Waals surface area contributed by atoms with Gasteiger partial charge in [-0.1, -0.05) is 48.9 Å². The van der Waals surface area contributed by atoms with Gasteiger partial charge >= 0.3 is 0 Å². The molecule has 5 rings (SSSR count). The summed E-state index contributed by atoms with van der Waals surface area (Å²) in [6, 6.07) is 20.7. The predicted molar refractivity (Wildman–Crippen MR) is 183 cm³/mol. The van der Waals surface area contributed by atoms with Gasteiger partial charge in [0.05, 0.1) is 12.8 Å². The van der Waals surface area contributed by atoms with Crippen molar-refractivity contribution in [1.29, 1.82) is 0 Å². The zero-order chi connectivity index (χ0) is 33.0. The van der Waals surface area contributed by atoms with Crippen LogP contribution < -0.4 is 20.6 Å². The number of hydrogen-bond acceptors (Lipinski definition) is 6. The van der Waals surface area contributed by atoms with Crippen molar-refractivity contribution in [3.8, 4) is 11.4 Å². The maximum Gasteiger partial charge on any atom is 0.251 e. The molecular formula is C35H40ClN5O4Si. The molecule has 1 aliphatic heterocycles. The molecule has 4 aromatic rings. The summed E-state index contributed by atoms with van der Waals surface area (Å²) in [5, 5.41) is 16.4. The number of nitrogens with one attached hydrogen (secondary N) is 2. The van der Waals surface area contributed by atoms with E-state index in [4.69, 9.17) is 16.3 Å². The molecule has 0 fully saturated rings. The second-order valence-corrected chi connectivity index (χ2v) is 16.2. The number of nitrogens with zero attached hydrogens (tertiary/aromatic N) is 3. The molecule has 240 valence electrons. The number of aryl methyl sites for hydroxylation is 1. The van der Waals surface area contributed by atoms with Gasteiger partial charge < -0.3 is 20.2 Å². The van der Waals surface area contributed by atoms with Gasteiger partial charge in [0.25, 0.3) is 5.91 Å². The molecule has 1 aromatic heterocycles. The number of ether oxygens (including phenoxy) is 1. The van der Waals surface area contributed by atoms with Crippen LogP contribution in [0.25, 0.3) is 11.3 Å². The second kappa shape index (κ2) is 14.0. The molecule has 2 heterocycles. The fourth-order valence-electron chi connectivity index (χ4n) is 5.89. The number of benzene rings is 3. The van der Waals surface area contributed by atoms with Gasteiger partial charge in [0.15, 0.2) is 0 Å².